The van der Waals surface area contributed by atoms with Gasteiger partial charge in [0.1, 0.15) is 5.82 Å². The predicted octanol–water partition coefficient (Wildman–Crippen LogP) is 3.31. The van der Waals surface area contributed by atoms with Crippen LogP contribution in [0.15, 0.2) is 38.5 Å². The van der Waals surface area contributed by atoms with Crippen molar-refractivity contribution in [1.29, 1.82) is 0 Å². The van der Waals surface area contributed by atoms with E-state index in [-0.39, 0.29) is 4.21 Å². The summed E-state index contributed by atoms with van der Waals surface area (Å²) in [6.45, 7) is 2.03. The van der Waals surface area contributed by atoms with Gasteiger partial charge in [0, 0.05) is 17.6 Å². The number of thiophene rings is 1. The van der Waals surface area contributed by atoms with Crippen LogP contribution in [0.25, 0.3) is 0 Å². The number of hydrogen-bond acceptors (Lipinski definition) is 5. The van der Waals surface area contributed by atoms with E-state index in [1.165, 1.54) is 24.2 Å². The third kappa shape index (κ3) is 3.22. The second-order valence-electron chi connectivity index (χ2n) is 4.76. The average molecular weight is 388 g/mol. The number of nitrogens with one attached hydrogen (secondary N) is 1. The fourth-order valence-electron chi connectivity index (χ4n) is 2.25. The van der Waals surface area contributed by atoms with Crippen molar-refractivity contribution in [1.82, 2.24) is 4.98 Å². The molecule has 5 nitrogen and oxygen atoms in total. The third-order valence-corrected chi connectivity index (χ3v) is 7.31. The van der Waals surface area contributed by atoms with Crippen LogP contribution in [-0.2, 0) is 10.0 Å². The summed E-state index contributed by atoms with van der Waals surface area (Å²) in [7, 11) is -3.56. The molecule has 8 heteroatoms. The van der Waals surface area contributed by atoms with Crippen molar-refractivity contribution in [3.63, 3.8) is 0 Å². The van der Waals surface area contributed by atoms with E-state index in [1.54, 1.807) is 23.7 Å². The molecule has 2 aromatic rings. The van der Waals surface area contributed by atoms with Gasteiger partial charge in [0.05, 0.1) is 11.9 Å². The smallest absolute Gasteiger partial charge is 0.272 e. The molecule has 0 amide bonds. The van der Waals surface area contributed by atoms with Gasteiger partial charge in [-0.2, -0.15) is 0 Å². The Morgan fingerprint density at radius 2 is 2.00 bits per heavy atom. The van der Waals surface area contributed by atoms with Crippen LogP contribution >= 0.6 is 27.3 Å². The first kappa shape index (κ1) is 14.8. The maximum Gasteiger partial charge on any atom is 0.272 e. The molecule has 0 atom stereocenters. The molecule has 1 N–H and O–H groups in total. The quantitative estimate of drug-likeness (QED) is 0.873. The molecule has 0 aliphatic carbocycles. The van der Waals surface area contributed by atoms with Crippen molar-refractivity contribution in [2.24, 2.45) is 0 Å². The number of pyridine rings is 1. The Morgan fingerprint density at radius 3 is 2.57 bits per heavy atom. The lowest BCUT2D eigenvalue weighted by atomic mass is 10.4. The van der Waals surface area contributed by atoms with E-state index in [0.29, 0.717) is 10.2 Å². The van der Waals surface area contributed by atoms with Gasteiger partial charge in [-0.1, -0.05) is 0 Å². The number of sulfonamides is 1. The molecule has 0 saturated carbocycles. The summed E-state index contributed by atoms with van der Waals surface area (Å²) in [5.41, 5.74) is 0.471. The summed E-state index contributed by atoms with van der Waals surface area (Å²) in [6.07, 6.45) is 3.93. The molecule has 1 saturated heterocycles. The van der Waals surface area contributed by atoms with Crippen LogP contribution in [-0.4, -0.2) is 26.5 Å². The molecule has 1 aliphatic rings. The highest BCUT2D eigenvalue weighted by Crippen LogP contribution is 2.29. The Labute approximate surface area is 136 Å². The van der Waals surface area contributed by atoms with Crippen molar-refractivity contribution < 1.29 is 8.42 Å². The average Bonchev–Trinajstić information content (AvgIpc) is 3.10. The van der Waals surface area contributed by atoms with Crippen LogP contribution < -0.4 is 9.62 Å². The zero-order valence-corrected chi connectivity index (χ0v) is 14.3. The number of aromatic nitrogens is 1. The molecule has 3 heterocycles. The zero-order chi connectivity index (χ0) is 14.9. The van der Waals surface area contributed by atoms with E-state index in [2.05, 4.69) is 30.5 Å². The number of anilines is 2. The molecule has 3 rings (SSSR count). The van der Waals surface area contributed by atoms with Gasteiger partial charge >= 0.3 is 0 Å². The monoisotopic (exact) mass is 387 g/mol. The normalized spacial score (nSPS) is 15.4. The third-order valence-electron chi connectivity index (χ3n) is 3.26. The first-order chi connectivity index (χ1) is 10.1. The van der Waals surface area contributed by atoms with E-state index in [9.17, 15) is 8.42 Å². The summed E-state index contributed by atoms with van der Waals surface area (Å²) in [5.74, 6) is 0.896. The lowest BCUT2D eigenvalue weighted by Crippen LogP contribution is -2.19. The molecule has 0 bridgehead atoms. The molecule has 1 fully saturated rings. The van der Waals surface area contributed by atoms with Gasteiger partial charge in [-0.3, -0.25) is 4.72 Å². The van der Waals surface area contributed by atoms with Crippen LogP contribution in [0.2, 0.25) is 0 Å². The number of nitrogens with zero attached hydrogens (tertiary/aromatic N) is 2. The molecule has 0 spiro atoms. The Bertz CT molecular complexity index is 722. The zero-order valence-electron chi connectivity index (χ0n) is 11.1. The van der Waals surface area contributed by atoms with Gasteiger partial charge in [0.15, 0.2) is 4.21 Å². The first-order valence-corrected chi connectivity index (χ1v) is 9.69. The van der Waals surface area contributed by atoms with Crippen LogP contribution in [0.1, 0.15) is 12.8 Å². The number of rotatable bonds is 4. The van der Waals surface area contributed by atoms with Crippen molar-refractivity contribution in [3.8, 4) is 0 Å². The van der Waals surface area contributed by atoms with Crippen molar-refractivity contribution >= 4 is 48.8 Å². The predicted molar refractivity (Wildman–Crippen MR) is 88.5 cm³/mol. The molecule has 1 aliphatic heterocycles. The SMILES string of the molecule is O=S(=O)(Nc1ccc(N2CCCC2)nc1)c1sccc1Br. The first-order valence-electron chi connectivity index (χ1n) is 6.53. The highest BCUT2D eigenvalue weighted by atomic mass is 79.9. The van der Waals surface area contributed by atoms with E-state index in [1.807, 2.05) is 6.07 Å². The Hall–Kier alpha value is -1.12. The van der Waals surface area contributed by atoms with Crippen LogP contribution in [0.3, 0.4) is 0 Å². The second-order valence-corrected chi connectivity index (χ2v) is 8.41. The Balaban J connectivity index is 1.77. The standard InChI is InChI=1S/C13H14BrN3O2S2/c14-11-5-8-20-13(11)21(18,19)16-10-3-4-12(15-9-10)17-6-1-2-7-17/h3-5,8-9,16H,1-2,6-7H2. The summed E-state index contributed by atoms with van der Waals surface area (Å²) in [5, 5.41) is 1.73. The lowest BCUT2D eigenvalue weighted by Gasteiger charge is -2.16. The van der Waals surface area contributed by atoms with Gasteiger partial charge < -0.3 is 4.90 Å². The molecule has 0 radical (unpaired) electrons. The van der Waals surface area contributed by atoms with Crippen LogP contribution in [0.5, 0.6) is 0 Å². The molecule has 2 aromatic heterocycles. The van der Waals surface area contributed by atoms with Crippen molar-refractivity contribution in [2.75, 3.05) is 22.7 Å². The molecular formula is C13H14BrN3O2S2. The lowest BCUT2D eigenvalue weighted by molar-refractivity contribution is 0.603. The molecule has 0 unspecified atom stereocenters. The molecule has 112 valence electrons. The number of hydrogen-bond donors (Lipinski definition) is 1. The minimum Gasteiger partial charge on any atom is -0.357 e. The van der Waals surface area contributed by atoms with Crippen LogP contribution in [0, 0.1) is 0 Å². The van der Waals surface area contributed by atoms with Gasteiger partial charge in [-0.05, 0) is 52.4 Å². The summed E-state index contributed by atoms with van der Waals surface area (Å²) < 4.78 is 27.9. The second kappa shape index (κ2) is 5.94. The fourth-order valence-corrected chi connectivity index (χ4v) is 5.63. The van der Waals surface area contributed by atoms with Gasteiger partial charge in [-0.25, -0.2) is 13.4 Å². The number of halogens is 1. The topological polar surface area (TPSA) is 62.3 Å². The Morgan fingerprint density at radius 1 is 1.24 bits per heavy atom. The maximum absolute atomic E-state index is 12.3. The van der Waals surface area contributed by atoms with Gasteiger partial charge in [0.2, 0.25) is 0 Å². The van der Waals surface area contributed by atoms with Crippen molar-refractivity contribution in [2.45, 2.75) is 17.1 Å². The minimum atomic E-state index is -3.56. The van der Waals surface area contributed by atoms with Gasteiger partial charge in [0.25, 0.3) is 10.0 Å². The van der Waals surface area contributed by atoms with E-state index >= 15 is 0 Å². The summed E-state index contributed by atoms with van der Waals surface area (Å²) >= 11 is 4.41. The highest BCUT2D eigenvalue weighted by Gasteiger charge is 2.20. The van der Waals surface area contributed by atoms with Crippen molar-refractivity contribution in [3.05, 3.63) is 34.2 Å². The molecular weight excluding hydrogens is 374 g/mol. The fraction of sp³-hybridized carbons (Fsp3) is 0.308. The minimum absolute atomic E-state index is 0.270. The van der Waals surface area contributed by atoms with E-state index < -0.39 is 10.0 Å². The molecule has 21 heavy (non-hydrogen) atoms. The summed E-state index contributed by atoms with van der Waals surface area (Å²) in [4.78, 5) is 6.54. The largest absolute Gasteiger partial charge is 0.357 e. The highest BCUT2D eigenvalue weighted by molar-refractivity contribution is 9.10. The maximum atomic E-state index is 12.3. The van der Waals surface area contributed by atoms with E-state index in [4.69, 9.17) is 0 Å². The molecule has 0 aromatic carbocycles. The van der Waals surface area contributed by atoms with E-state index in [0.717, 1.165) is 18.9 Å². The van der Waals surface area contributed by atoms with Crippen LogP contribution in [0.4, 0.5) is 11.5 Å². The summed E-state index contributed by atoms with van der Waals surface area (Å²) in [6, 6.07) is 5.32. The Kier molecular flexibility index (Phi) is 4.19. The van der Waals surface area contributed by atoms with Gasteiger partial charge in [-0.15, -0.1) is 11.3 Å².